The molecule has 5 nitrogen and oxygen atoms in total. The minimum Gasteiger partial charge on any atom is -0.494 e. The van der Waals surface area contributed by atoms with Gasteiger partial charge in [0.2, 0.25) is 11.8 Å². The normalized spacial score (nSPS) is 17.5. The van der Waals surface area contributed by atoms with Crippen molar-refractivity contribution in [3.05, 3.63) is 59.7 Å². The summed E-state index contributed by atoms with van der Waals surface area (Å²) < 4.78 is 31.9. The van der Waals surface area contributed by atoms with E-state index in [2.05, 4.69) is 5.32 Å². The summed E-state index contributed by atoms with van der Waals surface area (Å²) >= 11 is 0. The summed E-state index contributed by atoms with van der Waals surface area (Å²) in [5.41, 5.74) is 1.16. The molecule has 0 radical (unpaired) electrons. The van der Waals surface area contributed by atoms with Gasteiger partial charge in [0, 0.05) is 18.7 Å². The zero-order chi connectivity index (χ0) is 20.3. The van der Waals surface area contributed by atoms with Crippen molar-refractivity contribution in [1.29, 1.82) is 0 Å². The number of nitrogens with one attached hydrogen (secondary N) is 1. The van der Waals surface area contributed by atoms with Gasteiger partial charge in [-0.05, 0) is 55.8 Å². The van der Waals surface area contributed by atoms with Gasteiger partial charge in [0.15, 0.2) is 11.6 Å². The van der Waals surface area contributed by atoms with E-state index in [4.69, 9.17) is 4.74 Å². The van der Waals surface area contributed by atoms with Crippen LogP contribution in [0.4, 0.5) is 14.5 Å². The maximum Gasteiger partial charge on any atom is 0.227 e. The van der Waals surface area contributed by atoms with Crippen molar-refractivity contribution in [2.24, 2.45) is 5.92 Å². The molecule has 1 heterocycles. The molecule has 0 spiro atoms. The van der Waals surface area contributed by atoms with Crippen LogP contribution in [0.3, 0.4) is 0 Å². The fourth-order valence-corrected chi connectivity index (χ4v) is 3.22. The van der Waals surface area contributed by atoms with Crippen molar-refractivity contribution in [3.63, 3.8) is 0 Å². The van der Waals surface area contributed by atoms with E-state index >= 15 is 0 Å². The van der Waals surface area contributed by atoms with Gasteiger partial charge in [-0.2, -0.15) is 0 Å². The number of benzene rings is 2. The van der Waals surface area contributed by atoms with Crippen LogP contribution in [0.15, 0.2) is 42.5 Å². The van der Waals surface area contributed by atoms with Gasteiger partial charge in [-0.1, -0.05) is 6.07 Å². The molecule has 0 unspecified atom stereocenters. The summed E-state index contributed by atoms with van der Waals surface area (Å²) in [6.45, 7) is 4.40. The van der Waals surface area contributed by atoms with E-state index in [1.165, 1.54) is 6.07 Å². The molecule has 2 amide bonds. The molecule has 0 aliphatic carbocycles. The Kier molecular flexibility index (Phi) is 5.92. The van der Waals surface area contributed by atoms with E-state index in [1.54, 1.807) is 36.1 Å². The molecule has 2 aromatic carbocycles. The van der Waals surface area contributed by atoms with Gasteiger partial charge in [-0.3, -0.25) is 9.59 Å². The minimum atomic E-state index is -0.962. The van der Waals surface area contributed by atoms with Crippen molar-refractivity contribution in [1.82, 2.24) is 5.32 Å². The van der Waals surface area contributed by atoms with Crippen molar-refractivity contribution in [3.8, 4) is 5.75 Å². The van der Waals surface area contributed by atoms with E-state index in [9.17, 15) is 18.4 Å². The lowest BCUT2D eigenvalue weighted by Crippen LogP contribution is -2.34. The number of anilines is 1. The second-order valence-electron chi connectivity index (χ2n) is 6.74. The quantitative estimate of drug-likeness (QED) is 0.823. The van der Waals surface area contributed by atoms with E-state index in [-0.39, 0.29) is 24.8 Å². The third-order valence-corrected chi connectivity index (χ3v) is 4.76. The van der Waals surface area contributed by atoms with Crippen LogP contribution in [0.25, 0.3) is 0 Å². The van der Waals surface area contributed by atoms with Gasteiger partial charge in [0.25, 0.3) is 0 Å². The average molecular weight is 388 g/mol. The summed E-state index contributed by atoms with van der Waals surface area (Å²) in [4.78, 5) is 26.5. The summed E-state index contributed by atoms with van der Waals surface area (Å²) in [6.07, 6.45) is 0.101. The van der Waals surface area contributed by atoms with Gasteiger partial charge in [-0.15, -0.1) is 0 Å². The molecule has 0 saturated carbocycles. The van der Waals surface area contributed by atoms with Crippen LogP contribution in [0.1, 0.15) is 31.9 Å². The number of halogens is 2. The Morgan fingerprint density at radius 2 is 1.93 bits per heavy atom. The summed E-state index contributed by atoms with van der Waals surface area (Å²) in [6, 6.07) is 10.1. The zero-order valence-electron chi connectivity index (χ0n) is 15.7. The van der Waals surface area contributed by atoms with Gasteiger partial charge < -0.3 is 15.0 Å². The Morgan fingerprint density at radius 3 is 2.57 bits per heavy atom. The number of hydrogen-bond acceptors (Lipinski definition) is 3. The predicted octanol–water partition coefficient (Wildman–Crippen LogP) is 3.59. The van der Waals surface area contributed by atoms with E-state index in [0.717, 1.165) is 12.1 Å². The molecule has 2 aromatic rings. The largest absolute Gasteiger partial charge is 0.494 e. The fraction of sp³-hybridized carbons (Fsp3) is 0.333. The van der Waals surface area contributed by atoms with Crippen molar-refractivity contribution < 1.29 is 23.1 Å². The Hall–Kier alpha value is -2.96. The molecule has 1 N–H and O–H groups in total. The van der Waals surface area contributed by atoms with E-state index in [0.29, 0.717) is 23.6 Å². The van der Waals surface area contributed by atoms with Crippen LogP contribution >= 0.6 is 0 Å². The number of carbonyl (C=O) groups excluding carboxylic acids is 2. The van der Waals surface area contributed by atoms with Crippen LogP contribution in [-0.2, 0) is 9.59 Å². The lowest BCUT2D eigenvalue weighted by atomic mass is 10.0. The van der Waals surface area contributed by atoms with Crippen LogP contribution in [-0.4, -0.2) is 25.0 Å². The van der Waals surface area contributed by atoms with Crippen molar-refractivity contribution >= 4 is 17.5 Å². The second-order valence-corrected chi connectivity index (χ2v) is 6.74. The predicted molar refractivity (Wildman–Crippen MR) is 101 cm³/mol. The lowest BCUT2D eigenvalue weighted by Gasteiger charge is -2.19. The molecular weight excluding hydrogens is 366 g/mol. The van der Waals surface area contributed by atoms with Crippen LogP contribution < -0.4 is 15.0 Å². The molecule has 1 saturated heterocycles. The van der Waals surface area contributed by atoms with Gasteiger partial charge >= 0.3 is 0 Å². The van der Waals surface area contributed by atoms with Gasteiger partial charge in [0.05, 0.1) is 18.6 Å². The molecular formula is C21H22F2N2O3. The first kappa shape index (κ1) is 19.8. The Morgan fingerprint density at radius 1 is 1.21 bits per heavy atom. The molecule has 3 rings (SSSR count). The van der Waals surface area contributed by atoms with Crippen LogP contribution in [0, 0.1) is 17.6 Å². The van der Waals surface area contributed by atoms with Crippen LogP contribution in [0.2, 0.25) is 0 Å². The molecule has 148 valence electrons. The first-order chi connectivity index (χ1) is 13.4. The summed E-state index contributed by atoms with van der Waals surface area (Å²) in [7, 11) is 0. The minimum absolute atomic E-state index is 0.101. The first-order valence-corrected chi connectivity index (χ1v) is 9.17. The smallest absolute Gasteiger partial charge is 0.227 e. The highest BCUT2D eigenvalue weighted by Gasteiger charge is 2.35. The third kappa shape index (κ3) is 4.30. The standard InChI is InChI=1S/C21H22F2N2O3/c1-3-28-17-7-5-16(6-8-17)25-12-15(11-20(25)26)21(27)24-13(2)14-4-9-18(22)19(23)10-14/h4-10,13,15H,3,11-12H2,1-2H3,(H,24,27)/t13-,15-/m0/s1. The second kappa shape index (κ2) is 8.37. The molecule has 1 aliphatic rings. The van der Waals surface area contributed by atoms with Crippen molar-refractivity contribution in [2.75, 3.05) is 18.1 Å². The summed E-state index contributed by atoms with van der Waals surface area (Å²) in [5, 5.41) is 2.78. The zero-order valence-corrected chi connectivity index (χ0v) is 15.7. The first-order valence-electron chi connectivity index (χ1n) is 9.17. The third-order valence-electron chi connectivity index (χ3n) is 4.76. The molecule has 1 fully saturated rings. The van der Waals surface area contributed by atoms with Gasteiger partial charge in [0.1, 0.15) is 5.75 Å². The lowest BCUT2D eigenvalue weighted by molar-refractivity contribution is -0.126. The highest BCUT2D eigenvalue weighted by molar-refractivity contribution is 6.00. The number of hydrogen-bond donors (Lipinski definition) is 1. The topological polar surface area (TPSA) is 58.6 Å². The summed E-state index contributed by atoms with van der Waals surface area (Å²) in [5.74, 6) is -2.12. The SMILES string of the molecule is CCOc1ccc(N2C[C@@H](C(=O)N[C@@H](C)c3ccc(F)c(F)c3)CC2=O)cc1. The monoisotopic (exact) mass is 388 g/mol. The molecule has 1 aliphatic heterocycles. The molecule has 7 heteroatoms. The number of rotatable bonds is 6. The number of amides is 2. The molecule has 2 atom stereocenters. The number of carbonyl (C=O) groups is 2. The average Bonchev–Trinajstić information content (AvgIpc) is 3.06. The van der Waals surface area contributed by atoms with Crippen LogP contribution in [0.5, 0.6) is 5.75 Å². The van der Waals surface area contributed by atoms with E-state index < -0.39 is 23.6 Å². The molecule has 0 bridgehead atoms. The van der Waals surface area contributed by atoms with E-state index in [1.807, 2.05) is 6.92 Å². The number of ether oxygens (including phenoxy) is 1. The maximum absolute atomic E-state index is 13.4. The Balaban J connectivity index is 1.63. The highest BCUT2D eigenvalue weighted by atomic mass is 19.2. The molecule has 0 aromatic heterocycles. The number of nitrogens with zero attached hydrogens (tertiary/aromatic N) is 1. The van der Waals surface area contributed by atoms with Gasteiger partial charge in [-0.25, -0.2) is 8.78 Å². The maximum atomic E-state index is 13.4. The highest BCUT2D eigenvalue weighted by Crippen LogP contribution is 2.27. The fourth-order valence-electron chi connectivity index (χ4n) is 3.22. The Bertz CT molecular complexity index is 870. The molecule has 28 heavy (non-hydrogen) atoms. The Labute approximate surface area is 162 Å². The van der Waals surface area contributed by atoms with Crippen molar-refractivity contribution in [2.45, 2.75) is 26.3 Å².